The van der Waals surface area contributed by atoms with Crippen LogP contribution in [0.4, 0.5) is 5.82 Å². The molecular formula is C18H21N3O5. The molecule has 2 heterocycles. The molecule has 8 heteroatoms. The second-order valence-corrected chi connectivity index (χ2v) is 5.97. The minimum absolute atomic E-state index is 0.0145. The molecule has 1 aliphatic heterocycles. The van der Waals surface area contributed by atoms with Gasteiger partial charge < -0.3 is 18.9 Å². The molecule has 0 aliphatic carbocycles. The van der Waals surface area contributed by atoms with Crippen molar-refractivity contribution < 1.29 is 23.6 Å². The maximum Gasteiger partial charge on any atom is 0.264 e. The van der Waals surface area contributed by atoms with E-state index in [-0.39, 0.29) is 18.5 Å². The largest absolute Gasteiger partial charge is 0.493 e. The van der Waals surface area contributed by atoms with Crippen LogP contribution < -0.4 is 14.4 Å². The van der Waals surface area contributed by atoms with E-state index in [1.807, 2.05) is 0 Å². The van der Waals surface area contributed by atoms with Crippen LogP contribution in [0.2, 0.25) is 0 Å². The first-order chi connectivity index (χ1) is 12.5. The molecule has 1 saturated heterocycles. The van der Waals surface area contributed by atoms with Crippen LogP contribution in [0.5, 0.6) is 11.5 Å². The average Bonchev–Trinajstić information content (AvgIpc) is 3.26. The number of anilines is 1. The Morgan fingerprint density at radius 1 is 1.35 bits per heavy atom. The highest BCUT2D eigenvalue weighted by atomic mass is 16.5. The fraction of sp³-hybridized carbons (Fsp3) is 0.389. The van der Waals surface area contributed by atoms with E-state index in [1.54, 1.807) is 36.1 Å². The summed E-state index contributed by atoms with van der Waals surface area (Å²) in [6.45, 7) is 2.45. The van der Waals surface area contributed by atoms with Crippen LogP contribution in [0, 0.1) is 6.92 Å². The third kappa shape index (κ3) is 3.35. The summed E-state index contributed by atoms with van der Waals surface area (Å²) in [6, 6.07) is 6.73. The first kappa shape index (κ1) is 17.8. The van der Waals surface area contributed by atoms with Crippen molar-refractivity contribution in [2.24, 2.45) is 0 Å². The Balaban J connectivity index is 1.98. The van der Waals surface area contributed by atoms with Gasteiger partial charge in [-0.2, -0.15) is 0 Å². The number of likely N-dealkylation sites (tertiary alicyclic amines) is 1. The smallest absolute Gasteiger partial charge is 0.264 e. The van der Waals surface area contributed by atoms with Gasteiger partial charge in [0.25, 0.3) is 5.91 Å². The average molecular weight is 359 g/mol. The Morgan fingerprint density at radius 3 is 2.73 bits per heavy atom. The normalized spacial score (nSPS) is 13.8. The molecule has 0 unspecified atom stereocenters. The molecule has 2 aromatic rings. The molecule has 0 atom stereocenters. The van der Waals surface area contributed by atoms with Crippen molar-refractivity contribution in [2.75, 3.05) is 32.3 Å². The summed E-state index contributed by atoms with van der Waals surface area (Å²) < 4.78 is 15.8. The van der Waals surface area contributed by atoms with Crippen molar-refractivity contribution in [1.82, 2.24) is 10.1 Å². The molecule has 0 spiro atoms. The van der Waals surface area contributed by atoms with E-state index in [0.29, 0.717) is 41.6 Å². The molecule has 3 rings (SSSR count). The number of para-hydroxylation sites is 1. The number of rotatable bonds is 6. The zero-order valence-electron chi connectivity index (χ0n) is 15.0. The second kappa shape index (κ2) is 7.47. The molecule has 26 heavy (non-hydrogen) atoms. The molecule has 1 aliphatic rings. The number of nitrogens with zero attached hydrogens (tertiary/aromatic N) is 3. The predicted molar refractivity (Wildman–Crippen MR) is 93.4 cm³/mol. The molecule has 0 bridgehead atoms. The van der Waals surface area contributed by atoms with Gasteiger partial charge in [-0.3, -0.25) is 14.5 Å². The summed E-state index contributed by atoms with van der Waals surface area (Å²) in [5.41, 5.74) is 0.319. The van der Waals surface area contributed by atoms with Crippen LogP contribution >= 0.6 is 0 Å². The fourth-order valence-corrected chi connectivity index (χ4v) is 2.95. The second-order valence-electron chi connectivity index (χ2n) is 5.97. The molecule has 1 aromatic heterocycles. The summed E-state index contributed by atoms with van der Waals surface area (Å²) in [7, 11) is 2.98. The van der Waals surface area contributed by atoms with Crippen molar-refractivity contribution in [3.05, 3.63) is 35.6 Å². The summed E-state index contributed by atoms with van der Waals surface area (Å²) in [5, 5.41) is 3.95. The number of aryl methyl sites for hydroxylation is 1. The Morgan fingerprint density at radius 2 is 2.15 bits per heavy atom. The first-order valence-corrected chi connectivity index (χ1v) is 8.29. The summed E-state index contributed by atoms with van der Waals surface area (Å²) in [4.78, 5) is 28.3. The van der Waals surface area contributed by atoms with Gasteiger partial charge >= 0.3 is 0 Å². The van der Waals surface area contributed by atoms with E-state index >= 15 is 0 Å². The van der Waals surface area contributed by atoms with Crippen LogP contribution in [0.25, 0.3) is 0 Å². The maximum atomic E-state index is 13.3. The highest BCUT2D eigenvalue weighted by Gasteiger charge is 2.30. The molecule has 1 fully saturated rings. The Bertz CT molecular complexity index is 817. The SMILES string of the molecule is COc1cccc(C(=O)N(CN2CCCC2=O)c2cc(C)on2)c1OC. The quantitative estimate of drug-likeness (QED) is 0.786. The van der Waals surface area contributed by atoms with Gasteiger partial charge in [0.15, 0.2) is 17.3 Å². The van der Waals surface area contributed by atoms with E-state index in [1.165, 1.54) is 19.1 Å². The van der Waals surface area contributed by atoms with Gasteiger partial charge in [-0.25, -0.2) is 0 Å². The maximum absolute atomic E-state index is 13.3. The first-order valence-electron chi connectivity index (χ1n) is 8.29. The Labute approximate surface area is 151 Å². The van der Waals surface area contributed by atoms with Crippen LogP contribution in [-0.4, -0.2) is 49.3 Å². The molecule has 0 saturated carbocycles. The minimum Gasteiger partial charge on any atom is -0.493 e. The van der Waals surface area contributed by atoms with Gasteiger partial charge in [0, 0.05) is 19.0 Å². The van der Waals surface area contributed by atoms with Gasteiger partial charge in [0.2, 0.25) is 5.91 Å². The number of aromatic nitrogens is 1. The molecule has 1 aromatic carbocycles. The van der Waals surface area contributed by atoms with Crippen molar-refractivity contribution in [2.45, 2.75) is 19.8 Å². The van der Waals surface area contributed by atoms with Crippen LogP contribution in [0.1, 0.15) is 29.0 Å². The zero-order chi connectivity index (χ0) is 18.7. The van der Waals surface area contributed by atoms with Crippen LogP contribution in [-0.2, 0) is 4.79 Å². The van der Waals surface area contributed by atoms with Gasteiger partial charge in [-0.1, -0.05) is 11.2 Å². The third-order valence-electron chi connectivity index (χ3n) is 4.25. The lowest BCUT2D eigenvalue weighted by Gasteiger charge is -2.26. The van der Waals surface area contributed by atoms with Crippen molar-refractivity contribution in [1.29, 1.82) is 0 Å². The number of ether oxygens (including phenoxy) is 2. The van der Waals surface area contributed by atoms with Crippen LogP contribution in [0.3, 0.4) is 0 Å². The monoisotopic (exact) mass is 359 g/mol. The lowest BCUT2D eigenvalue weighted by atomic mass is 10.1. The molecule has 2 amide bonds. The molecular weight excluding hydrogens is 338 g/mol. The van der Waals surface area contributed by atoms with E-state index in [0.717, 1.165) is 6.42 Å². The van der Waals surface area contributed by atoms with Gasteiger partial charge in [-0.05, 0) is 25.5 Å². The molecule has 8 nitrogen and oxygen atoms in total. The standard InChI is InChI=1S/C18H21N3O5/c1-12-10-15(19-26-12)21(11-20-9-5-8-16(20)22)18(23)13-6-4-7-14(24-2)17(13)25-3/h4,6-7,10H,5,8-9,11H2,1-3H3. The highest BCUT2D eigenvalue weighted by Crippen LogP contribution is 2.32. The minimum atomic E-state index is -0.353. The number of carbonyl (C=O) groups is 2. The molecule has 0 radical (unpaired) electrons. The fourth-order valence-electron chi connectivity index (χ4n) is 2.95. The topological polar surface area (TPSA) is 85.1 Å². The lowest BCUT2D eigenvalue weighted by Crippen LogP contribution is -2.42. The zero-order valence-corrected chi connectivity index (χ0v) is 15.0. The van der Waals surface area contributed by atoms with E-state index < -0.39 is 0 Å². The number of carbonyl (C=O) groups excluding carboxylic acids is 2. The Kier molecular flexibility index (Phi) is 5.11. The van der Waals surface area contributed by atoms with Gasteiger partial charge in [0.05, 0.1) is 19.8 Å². The number of methoxy groups -OCH3 is 2. The Hall–Kier alpha value is -3.03. The predicted octanol–water partition coefficient (Wildman–Crippen LogP) is 2.23. The number of benzene rings is 1. The van der Waals surface area contributed by atoms with E-state index in [2.05, 4.69) is 5.16 Å². The lowest BCUT2D eigenvalue weighted by molar-refractivity contribution is -0.127. The molecule has 0 N–H and O–H groups in total. The number of amides is 2. The van der Waals surface area contributed by atoms with E-state index in [9.17, 15) is 9.59 Å². The van der Waals surface area contributed by atoms with Gasteiger partial charge in [-0.15, -0.1) is 0 Å². The van der Waals surface area contributed by atoms with E-state index in [4.69, 9.17) is 14.0 Å². The van der Waals surface area contributed by atoms with Crippen molar-refractivity contribution in [3.8, 4) is 11.5 Å². The summed E-state index contributed by atoms with van der Waals surface area (Å²) in [5.74, 6) is 1.36. The highest BCUT2D eigenvalue weighted by molar-refractivity contribution is 6.08. The number of hydrogen-bond acceptors (Lipinski definition) is 6. The third-order valence-corrected chi connectivity index (χ3v) is 4.25. The summed E-state index contributed by atoms with van der Waals surface area (Å²) in [6.07, 6.45) is 1.27. The van der Waals surface area contributed by atoms with Crippen molar-refractivity contribution >= 4 is 17.6 Å². The van der Waals surface area contributed by atoms with Crippen LogP contribution in [0.15, 0.2) is 28.8 Å². The summed E-state index contributed by atoms with van der Waals surface area (Å²) >= 11 is 0. The number of hydrogen-bond donors (Lipinski definition) is 0. The van der Waals surface area contributed by atoms with Crippen molar-refractivity contribution in [3.63, 3.8) is 0 Å². The molecule has 138 valence electrons. The van der Waals surface area contributed by atoms with Gasteiger partial charge in [0.1, 0.15) is 12.4 Å².